The lowest BCUT2D eigenvalue weighted by atomic mass is 10.1. The lowest BCUT2D eigenvalue weighted by Gasteiger charge is -2.22. The summed E-state index contributed by atoms with van der Waals surface area (Å²) >= 11 is 0. The van der Waals surface area contributed by atoms with Crippen molar-refractivity contribution in [2.45, 2.75) is 19.5 Å². The summed E-state index contributed by atoms with van der Waals surface area (Å²) in [7, 11) is 5.01. The van der Waals surface area contributed by atoms with Crippen LogP contribution < -0.4 is 19.7 Å². The first-order valence-corrected chi connectivity index (χ1v) is 9.84. The number of carbonyl (C=O) groups is 1. The van der Waals surface area contributed by atoms with Crippen LogP contribution in [0.15, 0.2) is 54.6 Å². The van der Waals surface area contributed by atoms with E-state index in [0.717, 1.165) is 27.0 Å². The Labute approximate surface area is 180 Å². The number of benzene rings is 3. The van der Waals surface area contributed by atoms with Gasteiger partial charge in [-0.3, -0.25) is 14.9 Å². The first kappa shape index (κ1) is 22.0. The van der Waals surface area contributed by atoms with E-state index in [1.165, 1.54) is 25.3 Å². The van der Waals surface area contributed by atoms with Gasteiger partial charge in [0.15, 0.2) is 6.04 Å². The maximum Gasteiger partial charge on any atom is 0.282 e. The molecule has 0 saturated carbocycles. The molecule has 162 valence electrons. The fourth-order valence-electron chi connectivity index (χ4n) is 3.35. The molecule has 0 bridgehead atoms. The minimum Gasteiger partial charge on any atom is -0.497 e. The number of amides is 1. The van der Waals surface area contributed by atoms with Crippen LogP contribution in [0.25, 0.3) is 10.8 Å². The molecule has 0 fully saturated rings. The number of nitro benzene ring substituents is 1. The monoisotopic (exact) mass is 424 g/mol. The Morgan fingerprint density at radius 3 is 2.45 bits per heavy atom. The third-order valence-electron chi connectivity index (χ3n) is 5.38. The highest BCUT2D eigenvalue weighted by Gasteiger charge is 2.24. The van der Waals surface area contributed by atoms with Gasteiger partial charge in [0, 0.05) is 11.6 Å². The van der Waals surface area contributed by atoms with Crippen molar-refractivity contribution in [3.63, 3.8) is 0 Å². The van der Waals surface area contributed by atoms with Crippen molar-refractivity contribution in [3.05, 3.63) is 70.3 Å². The second-order valence-electron chi connectivity index (χ2n) is 7.42. The third-order valence-corrected chi connectivity index (χ3v) is 5.38. The van der Waals surface area contributed by atoms with Crippen LogP contribution in [0, 0.1) is 10.1 Å². The number of rotatable bonds is 8. The van der Waals surface area contributed by atoms with E-state index in [9.17, 15) is 14.9 Å². The summed E-state index contributed by atoms with van der Waals surface area (Å²) < 4.78 is 10.5. The van der Waals surface area contributed by atoms with Gasteiger partial charge in [-0.05, 0) is 42.0 Å². The maximum absolute atomic E-state index is 12.8. The zero-order valence-corrected chi connectivity index (χ0v) is 18.0. The zero-order valence-electron chi connectivity index (χ0n) is 18.0. The Morgan fingerprint density at radius 2 is 1.77 bits per heavy atom. The molecule has 0 spiro atoms. The fraction of sp³-hybridized carbons (Fsp3) is 0.261. The Kier molecular flexibility index (Phi) is 6.71. The van der Waals surface area contributed by atoms with E-state index < -0.39 is 4.92 Å². The van der Waals surface area contributed by atoms with Crippen molar-refractivity contribution >= 4 is 28.1 Å². The van der Waals surface area contributed by atoms with Gasteiger partial charge < -0.3 is 19.7 Å². The number of anilines is 1. The Balaban J connectivity index is 1.69. The lowest BCUT2D eigenvalue weighted by molar-refractivity contribution is -0.907. The lowest BCUT2D eigenvalue weighted by Crippen LogP contribution is -3.12. The number of fused-ring (bicyclic) bond motifs is 1. The van der Waals surface area contributed by atoms with Crippen LogP contribution >= 0.6 is 0 Å². The molecule has 0 radical (unpaired) electrons. The van der Waals surface area contributed by atoms with E-state index in [2.05, 4.69) is 17.4 Å². The molecule has 0 aliphatic heterocycles. The van der Waals surface area contributed by atoms with Gasteiger partial charge in [-0.1, -0.05) is 18.2 Å². The van der Waals surface area contributed by atoms with Crippen molar-refractivity contribution in [2.75, 3.05) is 26.6 Å². The van der Waals surface area contributed by atoms with Gasteiger partial charge in [-0.15, -0.1) is 0 Å². The predicted molar refractivity (Wildman–Crippen MR) is 119 cm³/mol. The van der Waals surface area contributed by atoms with Crippen LogP contribution in [0.3, 0.4) is 0 Å². The summed E-state index contributed by atoms with van der Waals surface area (Å²) in [6.07, 6.45) is 0. The summed E-state index contributed by atoms with van der Waals surface area (Å²) in [5.41, 5.74) is 1.42. The summed E-state index contributed by atoms with van der Waals surface area (Å²) in [6, 6.07) is 15.9. The summed E-state index contributed by atoms with van der Waals surface area (Å²) in [6.45, 7) is 2.50. The zero-order chi connectivity index (χ0) is 22.5. The fourth-order valence-corrected chi connectivity index (χ4v) is 3.35. The highest BCUT2D eigenvalue weighted by Crippen LogP contribution is 2.29. The molecule has 1 amide bonds. The van der Waals surface area contributed by atoms with E-state index in [1.54, 1.807) is 7.11 Å². The van der Waals surface area contributed by atoms with Gasteiger partial charge in [0.05, 0.1) is 37.9 Å². The smallest absolute Gasteiger partial charge is 0.282 e. The standard InChI is InChI=1S/C23H25N3O5/c1-15(23(27)24-21-10-8-19(26(28)29)13-22(21)31-4)25(2)14-16-5-6-18-12-20(30-3)9-7-17(18)11-16/h5-13,15H,14H2,1-4H3,(H,24,27)/p+1/t15-/m1/s1. The van der Waals surface area contributed by atoms with Gasteiger partial charge in [0.2, 0.25) is 0 Å². The van der Waals surface area contributed by atoms with Crippen LogP contribution in [0.1, 0.15) is 12.5 Å². The van der Waals surface area contributed by atoms with Crippen LogP contribution in [-0.4, -0.2) is 38.1 Å². The van der Waals surface area contributed by atoms with Crippen molar-refractivity contribution < 1.29 is 24.1 Å². The highest BCUT2D eigenvalue weighted by atomic mass is 16.6. The van der Waals surface area contributed by atoms with Gasteiger partial charge in [-0.2, -0.15) is 0 Å². The summed E-state index contributed by atoms with van der Waals surface area (Å²) in [5, 5.41) is 16.0. The molecule has 0 aliphatic rings. The molecule has 3 aromatic carbocycles. The number of carbonyl (C=O) groups excluding carboxylic acids is 1. The van der Waals surface area contributed by atoms with Gasteiger partial charge in [-0.25, -0.2) is 0 Å². The third kappa shape index (κ3) is 5.10. The van der Waals surface area contributed by atoms with Gasteiger partial charge in [0.1, 0.15) is 18.0 Å². The topological polar surface area (TPSA) is 95.1 Å². The van der Waals surface area contributed by atoms with Crippen LogP contribution in [-0.2, 0) is 11.3 Å². The van der Waals surface area contributed by atoms with Crippen molar-refractivity contribution in [1.82, 2.24) is 0 Å². The van der Waals surface area contributed by atoms with Crippen LogP contribution in [0.2, 0.25) is 0 Å². The van der Waals surface area contributed by atoms with Crippen molar-refractivity contribution in [1.29, 1.82) is 0 Å². The Bertz CT molecular complexity index is 1120. The molecule has 8 heteroatoms. The molecule has 3 rings (SSSR count). The minimum absolute atomic E-state index is 0.0976. The molecular formula is C23H26N3O5+. The number of non-ortho nitro benzene ring substituents is 1. The molecule has 0 aliphatic carbocycles. The Hall–Kier alpha value is -3.65. The van der Waals surface area contributed by atoms with Gasteiger partial charge >= 0.3 is 0 Å². The van der Waals surface area contributed by atoms with E-state index in [1.807, 2.05) is 38.2 Å². The first-order valence-electron chi connectivity index (χ1n) is 9.84. The van der Waals surface area contributed by atoms with E-state index in [4.69, 9.17) is 9.47 Å². The summed E-state index contributed by atoms with van der Waals surface area (Å²) in [4.78, 5) is 24.2. The number of ether oxygens (including phenoxy) is 2. The van der Waals surface area contributed by atoms with E-state index in [-0.39, 0.29) is 23.4 Å². The highest BCUT2D eigenvalue weighted by molar-refractivity contribution is 5.95. The molecular weight excluding hydrogens is 398 g/mol. The molecule has 8 nitrogen and oxygen atoms in total. The van der Waals surface area contributed by atoms with Gasteiger partial charge in [0.25, 0.3) is 11.6 Å². The molecule has 0 aromatic heterocycles. The molecule has 31 heavy (non-hydrogen) atoms. The maximum atomic E-state index is 12.8. The number of methoxy groups -OCH3 is 2. The summed E-state index contributed by atoms with van der Waals surface area (Å²) in [5.74, 6) is 0.863. The second-order valence-corrected chi connectivity index (χ2v) is 7.42. The van der Waals surface area contributed by atoms with Crippen LogP contribution in [0.4, 0.5) is 11.4 Å². The normalized spacial score (nSPS) is 12.8. The SMILES string of the molecule is COc1ccc2cc(C[NH+](C)[C@H](C)C(=O)Nc3ccc([N+](=O)[O-])cc3OC)ccc2c1. The first-order chi connectivity index (χ1) is 14.8. The number of likely N-dealkylation sites (N-methyl/N-ethyl adjacent to an activating group) is 1. The quantitative estimate of drug-likeness (QED) is 0.428. The largest absolute Gasteiger partial charge is 0.497 e. The number of quaternary nitrogens is 1. The van der Waals surface area contributed by atoms with Crippen molar-refractivity contribution in [3.8, 4) is 11.5 Å². The average molecular weight is 424 g/mol. The molecule has 2 atom stereocenters. The molecule has 3 aromatic rings. The Morgan fingerprint density at radius 1 is 1.06 bits per heavy atom. The second kappa shape index (κ2) is 9.44. The number of nitro groups is 1. The number of nitrogens with zero attached hydrogens (tertiary/aromatic N) is 1. The van der Waals surface area contributed by atoms with E-state index >= 15 is 0 Å². The predicted octanol–water partition coefficient (Wildman–Crippen LogP) is 2.81. The molecule has 2 N–H and O–H groups in total. The molecule has 0 heterocycles. The van der Waals surface area contributed by atoms with Crippen LogP contribution in [0.5, 0.6) is 11.5 Å². The molecule has 1 unspecified atom stereocenters. The van der Waals surface area contributed by atoms with E-state index in [0.29, 0.717) is 12.2 Å². The number of hydrogen-bond acceptors (Lipinski definition) is 5. The average Bonchev–Trinajstić information content (AvgIpc) is 2.78. The van der Waals surface area contributed by atoms with Crippen molar-refractivity contribution in [2.24, 2.45) is 0 Å². The minimum atomic E-state index is -0.506. The molecule has 0 saturated heterocycles. The number of nitrogens with one attached hydrogen (secondary N) is 2. The number of hydrogen-bond donors (Lipinski definition) is 2.